The Hall–Kier alpha value is -0.0500. The molecule has 3 heteroatoms. The van der Waals surface area contributed by atoms with E-state index in [4.69, 9.17) is 0 Å². The maximum Gasteiger partial charge on any atom is 0.222 e. The number of likely N-dealkylation sites (tertiary alicyclic amines) is 1. The minimum Gasteiger partial charge on any atom is -0.342 e. The molecule has 0 saturated carbocycles. The third kappa shape index (κ3) is 3.49. The maximum absolute atomic E-state index is 12.2. The van der Waals surface area contributed by atoms with Gasteiger partial charge in [-0.1, -0.05) is 50.5 Å². The van der Waals surface area contributed by atoms with Gasteiger partial charge in [-0.3, -0.25) is 4.79 Å². The predicted molar refractivity (Wildman–Crippen MR) is 81.0 cm³/mol. The van der Waals surface area contributed by atoms with Crippen molar-refractivity contribution in [3.63, 3.8) is 0 Å². The number of carbonyl (C=O) groups excluding carboxylic acids is 1. The third-order valence-electron chi connectivity index (χ3n) is 4.75. The summed E-state index contributed by atoms with van der Waals surface area (Å²) in [7, 11) is 0. The molecule has 0 aliphatic carbocycles. The van der Waals surface area contributed by atoms with Crippen LogP contribution in [0.3, 0.4) is 0 Å². The first-order valence-corrected chi connectivity index (χ1v) is 8.24. The fraction of sp³-hybridized carbons (Fsp3) is 0.933. The fourth-order valence-corrected chi connectivity index (χ4v) is 3.59. The highest BCUT2D eigenvalue weighted by Gasteiger charge is 2.39. The minimum atomic E-state index is 0.236. The highest BCUT2D eigenvalue weighted by molar-refractivity contribution is 9.09. The lowest BCUT2D eigenvalue weighted by Crippen LogP contribution is -2.39. The SMILES string of the molecule is CCC(CC)(CBr)CN1CC(C(C)(C)C)CC1=O. The van der Waals surface area contributed by atoms with E-state index in [1.807, 2.05) is 0 Å². The lowest BCUT2D eigenvalue weighted by Gasteiger charge is -2.35. The average molecular weight is 318 g/mol. The molecule has 1 heterocycles. The fourth-order valence-electron chi connectivity index (χ4n) is 2.61. The van der Waals surface area contributed by atoms with E-state index in [1.54, 1.807) is 0 Å². The Bertz CT molecular complexity index is 283. The first kappa shape index (κ1) is 16.0. The molecule has 106 valence electrons. The molecule has 2 nitrogen and oxygen atoms in total. The van der Waals surface area contributed by atoms with Gasteiger partial charge in [0.25, 0.3) is 0 Å². The lowest BCUT2D eigenvalue weighted by atomic mass is 9.80. The van der Waals surface area contributed by atoms with Gasteiger partial charge in [-0.25, -0.2) is 0 Å². The Labute approximate surface area is 121 Å². The van der Waals surface area contributed by atoms with Crippen LogP contribution in [0.25, 0.3) is 0 Å². The van der Waals surface area contributed by atoms with Crippen LogP contribution < -0.4 is 0 Å². The van der Waals surface area contributed by atoms with Crippen LogP contribution in [-0.2, 0) is 4.79 Å². The van der Waals surface area contributed by atoms with Gasteiger partial charge in [0.2, 0.25) is 5.91 Å². The Balaban J connectivity index is 2.72. The number of carbonyl (C=O) groups is 1. The summed E-state index contributed by atoms with van der Waals surface area (Å²) < 4.78 is 0. The summed E-state index contributed by atoms with van der Waals surface area (Å²) in [6.07, 6.45) is 2.98. The van der Waals surface area contributed by atoms with Gasteiger partial charge in [0.1, 0.15) is 0 Å². The van der Waals surface area contributed by atoms with Crippen molar-refractivity contribution >= 4 is 21.8 Å². The molecule has 1 aliphatic heterocycles. The molecule has 1 saturated heterocycles. The van der Waals surface area contributed by atoms with Crippen molar-refractivity contribution in [2.75, 3.05) is 18.4 Å². The summed E-state index contributed by atoms with van der Waals surface area (Å²) in [4.78, 5) is 14.3. The van der Waals surface area contributed by atoms with Crippen LogP contribution in [0.15, 0.2) is 0 Å². The molecule has 0 radical (unpaired) electrons. The number of rotatable bonds is 5. The van der Waals surface area contributed by atoms with E-state index >= 15 is 0 Å². The molecular formula is C15H28BrNO. The zero-order valence-electron chi connectivity index (χ0n) is 12.6. The van der Waals surface area contributed by atoms with Gasteiger partial charge >= 0.3 is 0 Å². The minimum absolute atomic E-state index is 0.236. The highest BCUT2D eigenvalue weighted by atomic mass is 79.9. The molecule has 1 atom stereocenters. The molecular weight excluding hydrogens is 290 g/mol. The standard InChI is InChI=1S/C15H28BrNO/c1-6-15(7-2,10-16)11-17-9-12(8-13(17)18)14(3,4)5/h12H,6-11H2,1-5H3. The zero-order chi connectivity index (χ0) is 14.0. The summed E-state index contributed by atoms with van der Waals surface area (Å²) in [6.45, 7) is 13.0. The smallest absolute Gasteiger partial charge is 0.222 e. The summed E-state index contributed by atoms with van der Waals surface area (Å²) in [6, 6.07) is 0. The Morgan fingerprint density at radius 2 is 1.83 bits per heavy atom. The molecule has 0 aromatic carbocycles. The van der Waals surface area contributed by atoms with Crippen molar-refractivity contribution < 1.29 is 4.79 Å². The van der Waals surface area contributed by atoms with Gasteiger partial charge in [-0.05, 0) is 29.6 Å². The van der Waals surface area contributed by atoms with Crippen molar-refractivity contribution in [1.29, 1.82) is 0 Å². The molecule has 1 rings (SSSR count). The second-order valence-corrected chi connectivity index (χ2v) is 7.44. The third-order valence-corrected chi connectivity index (χ3v) is 5.94. The molecule has 0 N–H and O–H groups in total. The number of halogens is 1. The van der Waals surface area contributed by atoms with Crippen LogP contribution in [0, 0.1) is 16.7 Å². The van der Waals surface area contributed by atoms with Crippen LogP contribution in [0.4, 0.5) is 0 Å². The molecule has 0 aromatic heterocycles. The quantitative estimate of drug-likeness (QED) is 0.699. The summed E-state index contributed by atoms with van der Waals surface area (Å²) in [5.41, 5.74) is 0.488. The van der Waals surface area contributed by atoms with Gasteiger partial charge in [-0.2, -0.15) is 0 Å². The molecule has 1 fully saturated rings. The van der Waals surface area contributed by atoms with Crippen LogP contribution in [0.1, 0.15) is 53.9 Å². The van der Waals surface area contributed by atoms with Crippen molar-refractivity contribution in [2.24, 2.45) is 16.7 Å². The van der Waals surface area contributed by atoms with Gasteiger partial charge in [0, 0.05) is 24.8 Å². The van der Waals surface area contributed by atoms with Crippen molar-refractivity contribution in [3.05, 3.63) is 0 Å². The topological polar surface area (TPSA) is 20.3 Å². The zero-order valence-corrected chi connectivity index (χ0v) is 14.1. The van der Waals surface area contributed by atoms with Gasteiger partial charge in [0.05, 0.1) is 0 Å². The van der Waals surface area contributed by atoms with Gasteiger partial charge in [0.15, 0.2) is 0 Å². The maximum atomic E-state index is 12.2. The number of amides is 1. The molecule has 1 aliphatic rings. The summed E-state index contributed by atoms with van der Waals surface area (Å²) in [5, 5.41) is 0.983. The summed E-state index contributed by atoms with van der Waals surface area (Å²) in [5.74, 6) is 0.855. The second kappa shape index (κ2) is 5.94. The van der Waals surface area contributed by atoms with Crippen LogP contribution in [0.2, 0.25) is 0 Å². The van der Waals surface area contributed by atoms with E-state index in [0.717, 1.165) is 37.7 Å². The number of hydrogen-bond acceptors (Lipinski definition) is 1. The van der Waals surface area contributed by atoms with Gasteiger partial charge < -0.3 is 4.90 Å². The van der Waals surface area contributed by atoms with Crippen LogP contribution >= 0.6 is 15.9 Å². The monoisotopic (exact) mass is 317 g/mol. The van der Waals surface area contributed by atoms with E-state index in [9.17, 15) is 4.79 Å². The first-order valence-electron chi connectivity index (χ1n) is 7.11. The average Bonchev–Trinajstić information content (AvgIpc) is 2.68. The van der Waals surface area contributed by atoms with Crippen LogP contribution in [0.5, 0.6) is 0 Å². The van der Waals surface area contributed by atoms with E-state index in [1.165, 1.54) is 0 Å². The second-order valence-electron chi connectivity index (χ2n) is 6.88. The van der Waals surface area contributed by atoms with E-state index < -0.39 is 0 Å². The highest BCUT2D eigenvalue weighted by Crippen LogP contribution is 2.37. The Kier molecular flexibility index (Phi) is 5.28. The first-order chi connectivity index (χ1) is 8.28. The van der Waals surface area contributed by atoms with E-state index in [0.29, 0.717) is 11.8 Å². The normalized spacial score (nSPS) is 21.8. The van der Waals surface area contributed by atoms with Crippen molar-refractivity contribution in [2.45, 2.75) is 53.9 Å². The predicted octanol–water partition coefficient (Wildman–Crippen LogP) is 4.08. The Morgan fingerprint density at radius 1 is 1.28 bits per heavy atom. The largest absolute Gasteiger partial charge is 0.342 e. The van der Waals surface area contributed by atoms with E-state index in [-0.39, 0.29) is 10.8 Å². The van der Waals surface area contributed by atoms with Crippen molar-refractivity contribution in [3.8, 4) is 0 Å². The summed E-state index contributed by atoms with van der Waals surface area (Å²) >= 11 is 3.64. The molecule has 0 spiro atoms. The molecule has 1 unspecified atom stereocenters. The molecule has 0 bridgehead atoms. The Morgan fingerprint density at radius 3 is 2.17 bits per heavy atom. The molecule has 18 heavy (non-hydrogen) atoms. The lowest BCUT2D eigenvalue weighted by molar-refractivity contribution is -0.129. The molecule has 1 amide bonds. The molecule has 0 aromatic rings. The number of hydrogen-bond donors (Lipinski definition) is 0. The van der Waals surface area contributed by atoms with Crippen LogP contribution in [-0.4, -0.2) is 29.2 Å². The van der Waals surface area contributed by atoms with Crippen molar-refractivity contribution in [1.82, 2.24) is 4.90 Å². The number of alkyl halides is 1. The number of nitrogens with zero attached hydrogens (tertiary/aromatic N) is 1. The van der Waals surface area contributed by atoms with Gasteiger partial charge in [-0.15, -0.1) is 0 Å². The van der Waals surface area contributed by atoms with E-state index in [2.05, 4.69) is 55.4 Å².